The Balaban J connectivity index is 2.44. The number of likely N-dealkylation sites (tertiary alicyclic amines) is 1. The smallest absolute Gasteiger partial charge is 0.328 e. The second kappa shape index (κ2) is 6.78. The molecule has 3 amide bonds. The van der Waals surface area contributed by atoms with E-state index in [1.807, 2.05) is 0 Å². The molecule has 0 radical (unpaired) electrons. The van der Waals surface area contributed by atoms with Crippen molar-refractivity contribution in [2.45, 2.75) is 26.2 Å². The molecule has 100 valence electrons. The van der Waals surface area contributed by atoms with Gasteiger partial charge in [0.1, 0.15) is 0 Å². The van der Waals surface area contributed by atoms with Gasteiger partial charge in [-0.05, 0) is 25.2 Å². The van der Waals surface area contributed by atoms with Crippen LogP contribution in [-0.2, 0) is 9.59 Å². The zero-order valence-corrected chi connectivity index (χ0v) is 10.4. The number of amides is 3. The molecule has 1 heterocycles. The Bertz CT molecular complexity index is 365. The van der Waals surface area contributed by atoms with Crippen LogP contribution >= 0.6 is 0 Å². The highest BCUT2D eigenvalue weighted by molar-refractivity contribution is 6.02. The number of hydrogen-bond donors (Lipinski definition) is 2. The summed E-state index contributed by atoms with van der Waals surface area (Å²) in [4.78, 5) is 34.8. The Hall–Kier alpha value is -1.85. The Morgan fingerprint density at radius 3 is 2.61 bits per heavy atom. The molecule has 1 fully saturated rings. The van der Waals surface area contributed by atoms with Crippen molar-refractivity contribution in [3.63, 3.8) is 0 Å². The molecule has 1 aliphatic heterocycles. The van der Waals surface area contributed by atoms with Crippen LogP contribution in [0.4, 0.5) is 4.79 Å². The first kappa shape index (κ1) is 14.2. The molecule has 6 heteroatoms. The van der Waals surface area contributed by atoms with Crippen molar-refractivity contribution in [1.29, 1.82) is 0 Å². The third kappa shape index (κ3) is 4.99. The van der Waals surface area contributed by atoms with Crippen molar-refractivity contribution >= 4 is 17.9 Å². The number of carbonyl (C=O) groups is 3. The summed E-state index contributed by atoms with van der Waals surface area (Å²) in [5, 5.41) is 10.5. The molecular formula is C12H18N2O4. The van der Waals surface area contributed by atoms with Crippen LogP contribution < -0.4 is 5.32 Å². The lowest BCUT2D eigenvalue weighted by atomic mass is 10.0. The molecule has 0 spiro atoms. The topological polar surface area (TPSA) is 86.7 Å². The first-order chi connectivity index (χ1) is 8.49. The molecule has 2 N–H and O–H groups in total. The summed E-state index contributed by atoms with van der Waals surface area (Å²) in [7, 11) is 0. The van der Waals surface area contributed by atoms with E-state index < -0.39 is 17.9 Å². The van der Waals surface area contributed by atoms with Crippen LogP contribution in [-0.4, -0.2) is 41.0 Å². The first-order valence-corrected chi connectivity index (χ1v) is 6.00. The van der Waals surface area contributed by atoms with Gasteiger partial charge in [0.25, 0.3) is 5.91 Å². The van der Waals surface area contributed by atoms with Crippen LogP contribution in [0.25, 0.3) is 0 Å². The van der Waals surface area contributed by atoms with E-state index in [0.717, 1.165) is 25.3 Å². The van der Waals surface area contributed by atoms with Gasteiger partial charge in [-0.2, -0.15) is 0 Å². The maximum Gasteiger partial charge on any atom is 0.328 e. The molecule has 0 aliphatic carbocycles. The summed E-state index contributed by atoms with van der Waals surface area (Å²) in [5.41, 5.74) is 0. The lowest BCUT2D eigenvalue weighted by Gasteiger charge is -2.19. The van der Waals surface area contributed by atoms with Crippen molar-refractivity contribution in [1.82, 2.24) is 10.2 Å². The summed E-state index contributed by atoms with van der Waals surface area (Å²) in [6.07, 6.45) is 4.46. The minimum absolute atomic E-state index is 0.455. The highest BCUT2D eigenvalue weighted by Gasteiger charge is 2.19. The Morgan fingerprint density at radius 2 is 1.94 bits per heavy atom. The van der Waals surface area contributed by atoms with E-state index in [2.05, 4.69) is 12.2 Å². The number of nitrogens with zero attached hydrogens (tertiary/aromatic N) is 1. The summed E-state index contributed by atoms with van der Waals surface area (Å²) in [6.45, 7) is 3.40. The molecule has 1 saturated heterocycles. The monoisotopic (exact) mass is 254 g/mol. The molecule has 0 aromatic heterocycles. The fourth-order valence-corrected chi connectivity index (χ4v) is 1.84. The van der Waals surface area contributed by atoms with Gasteiger partial charge in [-0.15, -0.1) is 0 Å². The van der Waals surface area contributed by atoms with Crippen molar-refractivity contribution < 1.29 is 19.5 Å². The normalized spacial score (nSPS) is 20.5. The van der Waals surface area contributed by atoms with Crippen LogP contribution in [0.1, 0.15) is 26.2 Å². The standard InChI is InChI=1S/C12H18N2O4/c1-9-3-2-7-14(8-6-9)12(18)13-10(15)4-5-11(16)17/h4-5,9H,2-3,6-8H2,1H3,(H,16,17)(H,13,15,18). The highest BCUT2D eigenvalue weighted by Crippen LogP contribution is 2.16. The molecule has 0 bridgehead atoms. The van der Waals surface area contributed by atoms with E-state index >= 15 is 0 Å². The maximum absolute atomic E-state index is 11.7. The predicted octanol–water partition coefficient (Wildman–Crippen LogP) is 0.985. The number of nitrogens with one attached hydrogen (secondary N) is 1. The highest BCUT2D eigenvalue weighted by atomic mass is 16.4. The predicted molar refractivity (Wildman–Crippen MR) is 64.9 cm³/mol. The van der Waals surface area contributed by atoms with Gasteiger partial charge in [-0.25, -0.2) is 9.59 Å². The van der Waals surface area contributed by atoms with Gasteiger partial charge in [0.15, 0.2) is 0 Å². The molecule has 0 saturated carbocycles. The fraction of sp³-hybridized carbons (Fsp3) is 0.583. The van der Waals surface area contributed by atoms with E-state index in [1.165, 1.54) is 0 Å². The van der Waals surface area contributed by atoms with Gasteiger partial charge in [0, 0.05) is 25.2 Å². The quantitative estimate of drug-likeness (QED) is 0.719. The molecule has 6 nitrogen and oxygen atoms in total. The number of carbonyl (C=O) groups excluding carboxylic acids is 2. The van der Waals surface area contributed by atoms with Gasteiger partial charge in [0.05, 0.1) is 0 Å². The van der Waals surface area contributed by atoms with Crippen LogP contribution in [0.3, 0.4) is 0 Å². The Morgan fingerprint density at radius 1 is 1.22 bits per heavy atom. The van der Waals surface area contributed by atoms with Crippen molar-refractivity contribution in [3.8, 4) is 0 Å². The molecule has 1 rings (SSSR count). The molecule has 0 aromatic rings. The second-order valence-electron chi connectivity index (χ2n) is 4.49. The summed E-state index contributed by atoms with van der Waals surface area (Å²) in [5.74, 6) is -1.34. The number of rotatable bonds is 2. The molecule has 18 heavy (non-hydrogen) atoms. The first-order valence-electron chi connectivity index (χ1n) is 6.00. The minimum atomic E-state index is -1.22. The number of imide groups is 1. The van der Waals surface area contributed by atoms with Crippen molar-refractivity contribution in [2.75, 3.05) is 13.1 Å². The number of carboxylic acids is 1. The SMILES string of the molecule is CC1CCCN(C(=O)NC(=O)C=CC(=O)O)CC1. The minimum Gasteiger partial charge on any atom is -0.478 e. The van der Waals surface area contributed by atoms with E-state index in [4.69, 9.17) is 5.11 Å². The lowest BCUT2D eigenvalue weighted by molar-refractivity contribution is -0.131. The molecule has 1 aliphatic rings. The Labute approximate surface area is 106 Å². The lowest BCUT2D eigenvalue weighted by Crippen LogP contribution is -2.42. The third-order valence-corrected chi connectivity index (χ3v) is 2.91. The van der Waals surface area contributed by atoms with E-state index in [0.29, 0.717) is 25.1 Å². The third-order valence-electron chi connectivity index (χ3n) is 2.91. The van der Waals surface area contributed by atoms with E-state index in [9.17, 15) is 14.4 Å². The van der Waals surface area contributed by atoms with Crippen molar-refractivity contribution in [2.24, 2.45) is 5.92 Å². The molecular weight excluding hydrogens is 236 g/mol. The van der Waals surface area contributed by atoms with Crippen LogP contribution in [0.15, 0.2) is 12.2 Å². The zero-order valence-electron chi connectivity index (χ0n) is 10.4. The van der Waals surface area contributed by atoms with Crippen LogP contribution in [0.5, 0.6) is 0 Å². The van der Waals surface area contributed by atoms with Gasteiger partial charge >= 0.3 is 12.0 Å². The van der Waals surface area contributed by atoms with Gasteiger partial charge in [-0.3, -0.25) is 10.1 Å². The summed E-state index contributed by atoms with van der Waals surface area (Å²) in [6, 6.07) is -0.455. The molecule has 1 atom stereocenters. The van der Waals surface area contributed by atoms with Gasteiger partial charge < -0.3 is 10.0 Å². The molecule has 0 aromatic carbocycles. The molecule has 1 unspecified atom stereocenters. The Kier molecular flexibility index (Phi) is 5.35. The zero-order chi connectivity index (χ0) is 13.5. The number of urea groups is 1. The number of aliphatic carboxylic acids is 1. The number of hydrogen-bond acceptors (Lipinski definition) is 3. The summed E-state index contributed by atoms with van der Waals surface area (Å²) < 4.78 is 0. The van der Waals surface area contributed by atoms with E-state index in [1.54, 1.807) is 4.90 Å². The average Bonchev–Trinajstić information content (AvgIpc) is 2.51. The van der Waals surface area contributed by atoms with Gasteiger partial charge in [-0.1, -0.05) is 6.92 Å². The van der Waals surface area contributed by atoms with Gasteiger partial charge in [0.2, 0.25) is 0 Å². The van der Waals surface area contributed by atoms with Crippen molar-refractivity contribution in [3.05, 3.63) is 12.2 Å². The van der Waals surface area contributed by atoms with Crippen LogP contribution in [0.2, 0.25) is 0 Å². The maximum atomic E-state index is 11.7. The fourth-order valence-electron chi connectivity index (χ4n) is 1.84. The van der Waals surface area contributed by atoms with E-state index in [-0.39, 0.29) is 0 Å². The largest absolute Gasteiger partial charge is 0.478 e. The second-order valence-corrected chi connectivity index (χ2v) is 4.49. The number of carboxylic acid groups (broad SMARTS) is 1. The summed E-state index contributed by atoms with van der Waals surface area (Å²) >= 11 is 0. The van der Waals surface area contributed by atoms with Crippen LogP contribution in [0, 0.1) is 5.92 Å². The average molecular weight is 254 g/mol.